The van der Waals surface area contributed by atoms with Crippen molar-refractivity contribution < 1.29 is 0 Å². The summed E-state index contributed by atoms with van der Waals surface area (Å²) in [6.45, 7) is 12.8. The van der Waals surface area contributed by atoms with Gasteiger partial charge in [0.25, 0.3) is 0 Å². The Kier molecular flexibility index (Phi) is 7.24. The van der Waals surface area contributed by atoms with Crippen LogP contribution in [-0.2, 0) is 0 Å². The van der Waals surface area contributed by atoms with Crippen molar-refractivity contribution in [3.63, 3.8) is 0 Å². The highest BCUT2D eigenvalue weighted by Gasteiger charge is 2.61. The normalized spacial score (nSPS) is 40.9. The average Bonchev–Trinajstić information content (AvgIpc) is 3.25. The molecule has 6 rings (SSSR count). The largest absolute Gasteiger partial charge is 0.352 e. The molecule has 5 unspecified atom stereocenters. The molecule has 4 aliphatic carbocycles. The van der Waals surface area contributed by atoms with E-state index in [0.29, 0.717) is 10.8 Å². The summed E-state index contributed by atoms with van der Waals surface area (Å²) in [5.41, 5.74) is 5.40. The summed E-state index contributed by atoms with van der Waals surface area (Å²) in [6, 6.07) is 11.3. The molecule has 208 valence electrons. The van der Waals surface area contributed by atoms with Crippen LogP contribution < -0.4 is 10.6 Å². The third-order valence-electron chi connectivity index (χ3n) is 12.7. The highest BCUT2D eigenvalue weighted by molar-refractivity contribution is 7.80. The van der Waals surface area contributed by atoms with Crippen molar-refractivity contribution in [3.8, 4) is 0 Å². The predicted molar refractivity (Wildman–Crippen MR) is 164 cm³/mol. The van der Waals surface area contributed by atoms with Crippen LogP contribution in [0.15, 0.2) is 41.6 Å². The first-order valence-electron chi connectivity index (χ1n) is 16.0. The van der Waals surface area contributed by atoms with Crippen molar-refractivity contribution in [1.29, 1.82) is 0 Å². The molecule has 0 bridgehead atoms. The summed E-state index contributed by atoms with van der Waals surface area (Å²) in [6.07, 6.45) is 15.5. The fourth-order valence-corrected chi connectivity index (χ4v) is 11.0. The highest BCUT2D eigenvalue weighted by Crippen LogP contribution is 2.69. The molecular formula is C35H52N2S. The van der Waals surface area contributed by atoms with Crippen molar-refractivity contribution in [2.75, 3.05) is 0 Å². The minimum atomic E-state index is 0.231. The quantitative estimate of drug-likeness (QED) is 0.357. The molecule has 9 atom stereocenters. The molecule has 3 heteroatoms. The van der Waals surface area contributed by atoms with E-state index >= 15 is 0 Å². The fraction of sp³-hybridized carbons (Fsp3) is 0.743. The lowest BCUT2D eigenvalue weighted by atomic mass is 9.44. The molecule has 5 aliphatic rings. The summed E-state index contributed by atoms with van der Waals surface area (Å²) in [5.74, 6) is 6.25. The maximum absolute atomic E-state index is 5.70. The molecule has 38 heavy (non-hydrogen) atoms. The molecule has 2 nitrogen and oxygen atoms in total. The number of hydrogen-bond acceptors (Lipinski definition) is 1. The summed E-state index contributed by atoms with van der Waals surface area (Å²) in [5, 5.41) is 8.10. The van der Waals surface area contributed by atoms with Crippen molar-refractivity contribution in [1.82, 2.24) is 10.6 Å². The van der Waals surface area contributed by atoms with Gasteiger partial charge >= 0.3 is 0 Å². The van der Waals surface area contributed by atoms with Gasteiger partial charge in [-0.25, -0.2) is 0 Å². The molecule has 1 aliphatic heterocycles. The lowest BCUT2D eigenvalue weighted by molar-refractivity contribution is -0.104. The molecule has 1 aromatic rings. The van der Waals surface area contributed by atoms with Crippen LogP contribution in [0.2, 0.25) is 0 Å². The van der Waals surface area contributed by atoms with Crippen molar-refractivity contribution >= 4 is 17.3 Å². The minimum Gasteiger partial charge on any atom is -0.352 e. The van der Waals surface area contributed by atoms with Gasteiger partial charge < -0.3 is 10.6 Å². The molecular weight excluding hydrogens is 480 g/mol. The van der Waals surface area contributed by atoms with E-state index in [9.17, 15) is 0 Å². The van der Waals surface area contributed by atoms with Crippen molar-refractivity contribution in [2.45, 2.75) is 111 Å². The average molecular weight is 533 g/mol. The monoisotopic (exact) mass is 532 g/mol. The van der Waals surface area contributed by atoms with Crippen molar-refractivity contribution in [3.05, 3.63) is 47.2 Å². The fourth-order valence-electron chi connectivity index (χ4n) is 10.8. The van der Waals surface area contributed by atoms with E-state index in [1.54, 1.807) is 5.57 Å². The standard InChI is InChI=1S/C35H52N2S/c1-22(2)10-9-11-23(3)28-16-17-29-26-15-14-25-20-31-27(21-35(25,5)30(26)18-19-34(28,29)4)32(37-33(38)36-31)24-12-7-6-8-13-24/h6-8,12-13,22-23,25-26,28-30,32H,9-11,14-21H2,1-5H3,(H2,36,37,38)/t23-,25?,26?,28-,29?,30?,32?,34-,35+/m1/s1. The van der Waals surface area contributed by atoms with Crippen LogP contribution in [0.1, 0.15) is 117 Å². The van der Waals surface area contributed by atoms with Crippen LogP contribution in [0, 0.1) is 52.3 Å². The van der Waals surface area contributed by atoms with Gasteiger partial charge in [0.15, 0.2) is 5.11 Å². The van der Waals surface area contributed by atoms with Gasteiger partial charge in [-0.05, 0) is 127 Å². The maximum atomic E-state index is 5.70. The summed E-state index contributed by atoms with van der Waals surface area (Å²) >= 11 is 5.70. The Labute approximate surface area is 238 Å². The van der Waals surface area contributed by atoms with Crippen LogP contribution in [0.5, 0.6) is 0 Å². The number of rotatable bonds is 6. The van der Waals surface area contributed by atoms with E-state index in [2.05, 4.69) is 75.6 Å². The molecule has 1 aromatic carbocycles. The van der Waals surface area contributed by atoms with Gasteiger partial charge in [-0.2, -0.15) is 0 Å². The van der Waals surface area contributed by atoms with Crippen LogP contribution >= 0.6 is 12.2 Å². The number of hydrogen-bond donors (Lipinski definition) is 2. The van der Waals surface area contributed by atoms with Gasteiger partial charge in [0, 0.05) is 5.70 Å². The predicted octanol–water partition coefficient (Wildman–Crippen LogP) is 9.19. The third kappa shape index (κ3) is 4.47. The number of benzene rings is 1. The van der Waals surface area contributed by atoms with Gasteiger partial charge in [0.1, 0.15) is 0 Å². The lowest BCUT2D eigenvalue weighted by Crippen LogP contribution is -2.55. The Hall–Kier alpha value is -1.35. The van der Waals surface area contributed by atoms with Crippen LogP contribution in [-0.4, -0.2) is 5.11 Å². The van der Waals surface area contributed by atoms with Gasteiger partial charge in [-0.15, -0.1) is 0 Å². The molecule has 3 saturated carbocycles. The molecule has 0 amide bonds. The van der Waals surface area contributed by atoms with E-state index in [1.165, 1.54) is 81.9 Å². The number of allylic oxidation sites excluding steroid dienone is 1. The molecule has 0 radical (unpaired) electrons. The minimum absolute atomic E-state index is 0.231. The third-order valence-corrected chi connectivity index (χ3v) is 12.9. The van der Waals surface area contributed by atoms with Gasteiger partial charge in [-0.3, -0.25) is 0 Å². The zero-order valence-corrected chi connectivity index (χ0v) is 25.5. The Bertz CT molecular complexity index is 1060. The number of fused-ring (bicyclic) bond motifs is 5. The smallest absolute Gasteiger partial charge is 0.171 e. The zero-order valence-electron chi connectivity index (χ0n) is 24.7. The van der Waals surface area contributed by atoms with Crippen LogP contribution in [0.3, 0.4) is 0 Å². The van der Waals surface area contributed by atoms with E-state index in [-0.39, 0.29) is 6.04 Å². The Balaban J connectivity index is 1.23. The summed E-state index contributed by atoms with van der Waals surface area (Å²) < 4.78 is 0. The van der Waals surface area contributed by atoms with Crippen LogP contribution in [0.4, 0.5) is 0 Å². The Morgan fingerprint density at radius 2 is 1.68 bits per heavy atom. The van der Waals surface area contributed by atoms with E-state index in [1.807, 2.05) is 0 Å². The highest BCUT2D eigenvalue weighted by atomic mass is 32.1. The summed E-state index contributed by atoms with van der Waals surface area (Å²) in [4.78, 5) is 0. The second kappa shape index (κ2) is 10.2. The molecule has 0 saturated heterocycles. The second-order valence-electron chi connectivity index (χ2n) is 15.0. The summed E-state index contributed by atoms with van der Waals surface area (Å²) in [7, 11) is 0. The Morgan fingerprint density at radius 3 is 2.45 bits per heavy atom. The lowest BCUT2D eigenvalue weighted by Gasteiger charge is -2.61. The van der Waals surface area contributed by atoms with E-state index < -0.39 is 0 Å². The molecule has 3 fully saturated rings. The molecule has 0 aromatic heterocycles. The Morgan fingerprint density at radius 1 is 0.921 bits per heavy atom. The van der Waals surface area contributed by atoms with Gasteiger partial charge in [0.05, 0.1) is 6.04 Å². The SMILES string of the molecule is CC(C)CCC[C@@H](C)[C@H]1CCC2C3CCC4CC5=C(C[C@]4(C)C3CC[C@@]21C)C(c1ccccc1)NC(=S)N5. The number of nitrogens with one attached hydrogen (secondary N) is 2. The van der Waals surface area contributed by atoms with Gasteiger partial charge in [0.2, 0.25) is 0 Å². The molecule has 1 heterocycles. The maximum Gasteiger partial charge on any atom is 0.171 e. The molecule has 0 spiro atoms. The molecule has 2 N–H and O–H groups in total. The van der Waals surface area contributed by atoms with Crippen molar-refractivity contribution in [2.24, 2.45) is 52.3 Å². The van der Waals surface area contributed by atoms with E-state index in [0.717, 1.165) is 46.5 Å². The van der Waals surface area contributed by atoms with Crippen LogP contribution in [0.25, 0.3) is 0 Å². The first-order valence-corrected chi connectivity index (χ1v) is 16.5. The topological polar surface area (TPSA) is 24.1 Å². The number of thiocarbonyl (C=S) groups is 1. The second-order valence-corrected chi connectivity index (χ2v) is 15.4. The zero-order chi connectivity index (χ0) is 26.7. The first kappa shape index (κ1) is 26.9. The van der Waals surface area contributed by atoms with E-state index in [4.69, 9.17) is 12.2 Å². The van der Waals surface area contributed by atoms with Gasteiger partial charge in [-0.1, -0.05) is 84.2 Å². The first-order chi connectivity index (χ1) is 18.2.